The molecule has 4 saturated carbocycles. The molecule has 6 aliphatic heterocycles. The molecule has 11 aliphatic rings. The van der Waals surface area contributed by atoms with Crippen molar-refractivity contribution in [2.24, 2.45) is 50.2 Å². The molecule has 0 bridgehead atoms. The molecule has 0 amide bonds. The number of carbonyl (C=O) groups excluding carboxylic acids is 1. The van der Waals surface area contributed by atoms with E-state index in [0.29, 0.717) is 38.5 Å². The summed E-state index contributed by atoms with van der Waals surface area (Å²) in [5, 5.41) is 183. The number of hydrogen-bond donors (Lipinski definition) is 17. The third-order valence-electron chi connectivity index (χ3n) is 24.8. The maximum absolute atomic E-state index is 15.2. The molecule has 17 N–H and O–H groups in total. The lowest BCUT2D eigenvalue weighted by molar-refractivity contribution is -0.384. The molecule has 5 aliphatic carbocycles. The van der Waals surface area contributed by atoms with Crippen molar-refractivity contribution >= 4 is 5.97 Å². The SMILES string of the molecule is C[C@@H]1O[C@@H](O[C@H]2[C@H](O[C@H]3CC[C@]4(C)[C@H]5CC=C6[C@@H]7CC(C)(C)CC[C@]7(C(=O)O[C@@H]7O[C@H](CO[C@@H]8O[C@H](CO)[C@@H](O)[C@H](O)[C@H]8O)[C@@H](O)[C@H](O)[C@H]7O)CC[C@@]6(C)[C@]5(C)CC[C@H]4C3(C)C)OC[C@@H](O)[C@@H]2O)[C@H](O)[C@H](O[C@@H]2OC[C@@H](O)[C@H](O[C@H]3O[C@H](CO)[C@@H](O)[C@H](O)[C@H]3O)[C@H]2O)[C@H]1O. The highest BCUT2D eigenvalue weighted by atomic mass is 16.8. The zero-order valence-corrected chi connectivity index (χ0v) is 54.6. The van der Waals surface area contributed by atoms with Crippen LogP contribution in [0.2, 0.25) is 0 Å². The normalized spacial score (nSPS) is 54.2. The van der Waals surface area contributed by atoms with Crippen LogP contribution < -0.4 is 0 Å². The Bertz CT molecular complexity index is 2640. The monoisotopic (exact) mass is 1350 g/mol. The molecule has 36 atom stereocenters. The standard InChI is InChI=1S/C64H104O30/c1-25-36(69)50(92-53-47(80)49(29(68)23-83-53)91-54-45(78)42(75)39(72)31(21-66)88-54)48(81)56(86-25)93-51-37(70)28(67)22-84-57(51)90-35-12-13-61(6)33(60(35,4)5)11-14-63(8)34(61)10-9-26-27-19-59(2,3)15-17-64(27,18-16-62(26,63)7)58(82)94-55-46(79)43(76)40(73)32(89-55)24-85-52-44(77)41(74)38(71)30(20-65)87-52/h9,25,27-57,65-81H,10-24H2,1-8H3/t25-,27-,28+,29+,30+,31+,32+,33-,34+,35-,36-,37-,38+,39+,40+,41-,42-,43-,44+,45+,46+,47+,48+,49-,50+,51+,52+,53-,54+,55-,56-,57-,61-,62+,63+,64-/m0/s1. The van der Waals surface area contributed by atoms with Crippen molar-refractivity contribution in [2.75, 3.05) is 33.0 Å². The highest BCUT2D eigenvalue weighted by molar-refractivity contribution is 5.79. The van der Waals surface area contributed by atoms with Crippen LogP contribution in [0.4, 0.5) is 0 Å². The van der Waals surface area contributed by atoms with Gasteiger partial charge in [-0.15, -0.1) is 0 Å². The summed E-state index contributed by atoms with van der Waals surface area (Å²) in [5.41, 5.74) is -1.42. The van der Waals surface area contributed by atoms with E-state index < -0.39 is 221 Å². The lowest BCUT2D eigenvalue weighted by Gasteiger charge is -2.71. The Morgan fingerprint density at radius 3 is 1.70 bits per heavy atom. The lowest BCUT2D eigenvalue weighted by atomic mass is 9.33. The molecule has 0 unspecified atom stereocenters. The van der Waals surface area contributed by atoms with Gasteiger partial charge in [0.15, 0.2) is 31.5 Å². The average molecular weight is 1350 g/mol. The smallest absolute Gasteiger partial charge is 0.315 e. The second-order valence-corrected chi connectivity index (χ2v) is 31.0. The van der Waals surface area contributed by atoms with Crippen molar-refractivity contribution in [3.05, 3.63) is 11.6 Å². The number of aliphatic hydroxyl groups is 17. The highest BCUT2D eigenvalue weighted by Gasteiger charge is 2.70. The van der Waals surface area contributed by atoms with E-state index in [4.69, 9.17) is 56.8 Å². The van der Waals surface area contributed by atoms with Crippen molar-refractivity contribution in [3.63, 3.8) is 0 Å². The summed E-state index contributed by atoms with van der Waals surface area (Å²) in [6.45, 7) is 14.4. The quantitative estimate of drug-likeness (QED) is 0.0421. The number of hydrogen-bond acceptors (Lipinski definition) is 30. The number of rotatable bonds is 15. The maximum Gasteiger partial charge on any atom is 0.315 e. The first-order valence-corrected chi connectivity index (χ1v) is 33.5. The molecule has 0 aromatic carbocycles. The molecule has 94 heavy (non-hydrogen) atoms. The molecule has 0 spiro atoms. The Kier molecular flexibility index (Phi) is 21.4. The van der Waals surface area contributed by atoms with Crippen molar-refractivity contribution in [2.45, 2.75) is 298 Å². The van der Waals surface area contributed by atoms with E-state index in [9.17, 15) is 86.8 Å². The van der Waals surface area contributed by atoms with E-state index in [1.165, 1.54) is 12.5 Å². The van der Waals surface area contributed by atoms with Gasteiger partial charge in [-0.1, -0.05) is 60.1 Å². The summed E-state index contributed by atoms with van der Waals surface area (Å²) >= 11 is 0. The van der Waals surface area contributed by atoms with Crippen LogP contribution in [0.1, 0.15) is 120 Å². The number of aliphatic hydroxyl groups excluding tert-OH is 17. The fourth-order valence-corrected chi connectivity index (χ4v) is 18.8. The predicted octanol–water partition coefficient (Wildman–Crippen LogP) is -4.08. The van der Waals surface area contributed by atoms with Crippen LogP contribution in [0.25, 0.3) is 0 Å². The second kappa shape index (κ2) is 27.5. The van der Waals surface area contributed by atoms with Crippen LogP contribution in [0.3, 0.4) is 0 Å². The molecule has 6 heterocycles. The summed E-state index contributed by atoms with van der Waals surface area (Å²) in [6.07, 6.45) is -37.4. The summed E-state index contributed by atoms with van der Waals surface area (Å²) in [4.78, 5) is 15.2. The molecule has 30 nitrogen and oxygen atoms in total. The van der Waals surface area contributed by atoms with Gasteiger partial charge in [0.2, 0.25) is 6.29 Å². The number of carbonyl (C=O) groups is 1. The molecule has 0 aromatic rings. The first-order chi connectivity index (χ1) is 44.1. The van der Waals surface area contributed by atoms with Crippen LogP contribution >= 0.6 is 0 Å². The minimum atomic E-state index is -1.90. The summed E-state index contributed by atoms with van der Waals surface area (Å²) in [7, 11) is 0. The van der Waals surface area contributed by atoms with Crippen molar-refractivity contribution in [3.8, 4) is 0 Å². The second-order valence-electron chi connectivity index (χ2n) is 31.0. The molecule has 10 fully saturated rings. The Hall–Kier alpha value is -1.91. The van der Waals surface area contributed by atoms with E-state index in [2.05, 4.69) is 54.5 Å². The zero-order valence-electron chi connectivity index (χ0n) is 54.6. The number of allylic oxidation sites excluding steroid dienone is 2. The van der Waals surface area contributed by atoms with Crippen LogP contribution in [-0.2, 0) is 61.6 Å². The summed E-state index contributed by atoms with van der Waals surface area (Å²) in [5.74, 6) is -0.601. The Labute approximate surface area is 545 Å². The van der Waals surface area contributed by atoms with Crippen LogP contribution in [0.5, 0.6) is 0 Å². The molecule has 0 radical (unpaired) electrons. The van der Waals surface area contributed by atoms with Gasteiger partial charge in [0.05, 0.1) is 50.7 Å². The van der Waals surface area contributed by atoms with Gasteiger partial charge in [-0.05, 0) is 116 Å². The zero-order chi connectivity index (χ0) is 68.4. The Balaban J connectivity index is 0.765. The first-order valence-electron chi connectivity index (χ1n) is 33.5. The van der Waals surface area contributed by atoms with Gasteiger partial charge >= 0.3 is 5.97 Å². The topological polar surface area (TPSA) is 472 Å². The van der Waals surface area contributed by atoms with Gasteiger partial charge in [-0.25, -0.2) is 0 Å². The number of fused-ring (bicyclic) bond motifs is 7. The van der Waals surface area contributed by atoms with E-state index in [1.54, 1.807) is 0 Å². The minimum absolute atomic E-state index is 0.0896. The predicted molar refractivity (Wildman–Crippen MR) is 315 cm³/mol. The van der Waals surface area contributed by atoms with Gasteiger partial charge in [-0.2, -0.15) is 0 Å². The van der Waals surface area contributed by atoms with Gasteiger partial charge in [-0.3, -0.25) is 4.79 Å². The summed E-state index contributed by atoms with van der Waals surface area (Å²) < 4.78 is 71.4. The van der Waals surface area contributed by atoms with Crippen LogP contribution in [0, 0.1) is 50.2 Å². The fourth-order valence-electron chi connectivity index (χ4n) is 18.8. The average Bonchev–Trinajstić information content (AvgIpc) is 0.676. The largest absolute Gasteiger partial charge is 0.432 e. The molecule has 6 saturated heterocycles. The van der Waals surface area contributed by atoms with Crippen LogP contribution in [-0.4, -0.2) is 304 Å². The first kappa shape index (κ1) is 73.3. The van der Waals surface area contributed by atoms with Crippen molar-refractivity contribution < 1.29 is 148 Å². The van der Waals surface area contributed by atoms with E-state index >= 15 is 4.79 Å². The van der Waals surface area contributed by atoms with Crippen molar-refractivity contribution in [1.82, 2.24) is 0 Å². The van der Waals surface area contributed by atoms with E-state index in [1.807, 2.05) is 0 Å². The van der Waals surface area contributed by atoms with Gasteiger partial charge < -0.3 is 144 Å². The number of ether oxygens (including phenoxy) is 12. The van der Waals surface area contributed by atoms with Gasteiger partial charge in [0.25, 0.3) is 0 Å². The van der Waals surface area contributed by atoms with E-state index in [0.717, 1.165) is 25.7 Å². The molecule has 540 valence electrons. The molecule has 0 aromatic heterocycles. The van der Waals surface area contributed by atoms with Gasteiger partial charge in [0, 0.05) is 0 Å². The minimum Gasteiger partial charge on any atom is -0.432 e. The number of esters is 1. The third kappa shape index (κ3) is 12.6. The summed E-state index contributed by atoms with van der Waals surface area (Å²) in [6, 6.07) is 0. The highest BCUT2D eigenvalue weighted by Crippen LogP contribution is 2.76. The van der Waals surface area contributed by atoms with Gasteiger partial charge in [0.1, 0.15) is 128 Å². The Morgan fingerprint density at radius 1 is 0.500 bits per heavy atom. The molecule has 11 rings (SSSR count). The molecular formula is C64H104O30. The molecule has 30 heteroatoms. The fraction of sp³-hybridized carbons (Fsp3) is 0.953. The Morgan fingerprint density at radius 2 is 1.04 bits per heavy atom. The molecular weight excluding hydrogens is 1250 g/mol. The maximum atomic E-state index is 15.2. The third-order valence-corrected chi connectivity index (χ3v) is 24.8. The van der Waals surface area contributed by atoms with E-state index in [-0.39, 0.29) is 46.0 Å². The van der Waals surface area contributed by atoms with Crippen molar-refractivity contribution in [1.29, 1.82) is 0 Å². The van der Waals surface area contributed by atoms with Crippen LogP contribution in [0.15, 0.2) is 11.6 Å². The lowest BCUT2D eigenvalue weighted by Crippen LogP contribution is -2.66.